The summed E-state index contributed by atoms with van der Waals surface area (Å²) in [5, 5.41) is 11.5. The zero-order valence-corrected chi connectivity index (χ0v) is 19.1. The van der Waals surface area contributed by atoms with Crippen molar-refractivity contribution in [3.63, 3.8) is 0 Å². The first-order valence-electron chi connectivity index (χ1n) is 10.3. The first-order chi connectivity index (χ1) is 15.4. The Kier molecular flexibility index (Phi) is 6.28. The van der Waals surface area contributed by atoms with Crippen molar-refractivity contribution in [1.82, 2.24) is 14.9 Å². The number of anilines is 1. The molecule has 0 unspecified atom stereocenters. The van der Waals surface area contributed by atoms with E-state index in [4.69, 9.17) is 5.84 Å². The minimum Gasteiger partial charge on any atom is -0.335 e. The number of aryl methyl sites for hydroxylation is 3. The third kappa shape index (κ3) is 4.68. The van der Waals surface area contributed by atoms with E-state index in [1.54, 1.807) is 0 Å². The molecule has 0 aliphatic rings. The number of benzene rings is 3. The maximum Gasteiger partial charge on any atom is 0.242 e. The highest BCUT2D eigenvalue weighted by atomic mass is 32.2. The average Bonchev–Trinajstić information content (AvgIpc) is 3.15. The smallest absolute Gasteiger partial charge is 0.242 e. The average molecular weight is 444 g/mol. The number of nitrogens with one attached hydrogen (secondary N) is 1. The third-order valence-corrected chi connectivity index (χ3v) is 6.40. The van der Waals surface area contributed by atoms with Crippen molar-refractivity contribution in [2.75, 3.05) is 11.2 Å². The highest BCUT2D eigenvalue weighted by Gasteiger charge is 2.26. The van der Waals surface area contributed by atoms with Crippen LogP contribution in [-0.4, -0.2) is 20.8 Å². The maximum atomic E-state index is 13.4. The number of carbonyl (C=O) groups is 1. The summed E-state index contributed by atoms with van der Waals surface area (Å²) < 4.78 is 1.44. The Hall–Kier alpha value is -3.58. The molecule has 1 amide bonds. The molecule has 4 rings (SSSR count). The van der Waals surface area contributed by atoms with Gasteiger partial charge in [0.1, 0.15) is 5.25 Å². The van der Waals surface area contributed by atoms with E-state index < -0.39 is 5.25 Å². The summed E-state index contributed by atoms with van der Waals surface area (Å²) in [5.74, 6) is 6.74. The van der Waals surface area contributed by atoms with Gasteiger partial charge in [0.05, 0.1) is 0 Å². The molecule has 1 aromatic heterocycles. The Morgan fingerprint density at radius 1 is 0.938 bits per heavy atom. The van der Waals surface area contributed by atoms with Gasteiger partial charge in [-0.05, 0) is 43.5 Å². The van der Waals surface area contributed by atoms with Crippen molar-refractivity contribution in [3.05, 3.63) is 95.1 Å². The molecule has 1 atom stereocenters. The molecule has 0 aliphatic heterocycles. The molecule has 6 nitrogen and oxygen atoms in total. The van der Waals surface area contributed by atoms with Crippen LogP contribution in [0.1, 0.15) is 27.5 Å². The number of thioether (sulfide) groups is 1. The van der Waals surface area contributed by atoms with Crippen LogP contribution in [0.3, 0.4) is 0 Å². The molecule has 1 heterocycles. The second kappa shape index (κ2) is 9.28. The summed E-state index contributed by atoms with van der Waals surface area (Å²) in [7, 11) is 0. The molecule has 0 radical (unpaired) electrons. The molecular formula is C25H25N5OS. The van der Waals surface area contributed by atoms with Crippen molar-refractivity contribution in [2.24, 2.45) is 0 Å². The van der Waals surface area contributed by atoms with Gasteiger partial charge in [-0.3, -0.25) is 4.79 Å². The Morgan fingerprint density at radius 2 is 1.62 bits per heavy atom. The molecule has 0 bridgehead atoms. The second-order valence-electron chi connectivity index (χ2n) is 7.76. The Morgan fingerprint density at radius 3 is 2.34 bits per heavy atom. The summed E-state index contributed by atoms with van der Waals surface area (Å²) in [6.45, 7) is 6.00. The zero-order chi connectivity index (χ0) is 22.7. The molecule has 0 saturated heterocycles. The molecule has 162 valence electrons. The quantitative estimate of drug-likeness (QED) is 0.321. The first-order valence-corrected chi connectivity index (χ1v) is 11.2. The van der Waals surface area contributed by atoms with Gasteiger partial charge in [-0.15, -0.1) is 10.2 Å². The molecule has 0 spiro atoms. The largest absolute Gasteiger partial charge is 0.335 e. The Bertz CT molecular complexity index is 1240. The molecule has 3 N–H and O–H groups in total. The van der Waals surface area contributed by atoms with Crippen LogP contribution in [0.2, 0.25) is 0 Å². The normalized spacial score (nSPS) is 11.8. The fraction of sp³-hybridized carbons (Fsp3) is 0.160. The van der Waals surface area contributed by atoms with Crippen molar-refractivity contribution in [1.29, 1.82) is 0 Å². The number of hydrogen-bond donors (Lipinski definition) is 2. The molecule has 3 aromatic carbocycles. The minimum absolute atomic E-state index is 0.144. The molecule has 7 heteroatoms. The van der Waals surface area contributed by atoms with Crippen LogP contribution < -0.4 is 11.2 Å². The summed E-state index contributed by atoms with van der Waals surface area (Å²) in [5.41, 5.74) is 5.77. The molecule has 4 aromatic rings. The standard InChI is InChI=1S/C25H25N5OS/c1-16-10-13-20(14-11-16)23-28-29-25(30(23)26)32-22(19-7-5-4-6-8-19)24(31)27-21-15-17(2)9-12-18(21)3/h4-15,22H,26H2,1-3H3,(H,27,31)/t22-/m0/s1. The second-order valence-corrected chi connectivity index (χ2v) is 8.83. The number of nitrogens with zero attached hydrogens (tertiary/aromatic N) is 3. The van der Waals surface area contributed by atoms with Crippen LogP contribution in [0.4, 0.5) is 5.69 Å². The van der Waals surface area contributed by atoms with Crippen LogP contribution in [0.25, 0.3) is 11.4 Å². The molecule has 32 heavy (non-hydrogen) atoms. The lowest BCUT2D eigenvalue weighted by Gasteiger charge is -2.17. The van der Waals surface area contributed by atoms with E-state index >= 15 is 0 Å². The van der Waals surface area contributed by atoms with Gasteiger partial charge in [0.2, 0.25) is 11.1 Å². The van der Waals surface area contributed by atoms with E-state index in [0.717, 1.165) is 33.5 Å². The number of rotatable bonds is 6. The van der Waals surface area contributed by atoms with E-state index in [-0.39, 0.29) is 5.91 Å². The van der Waals surface area contributed by atoms with Crippen LogP contribution in [0.5, 0.6) is 0 Å². The van der Waals surface area contributed by atoms with Gasteiger partial charge in [0, 0.05) is 11.3 Å². The van der Waals surface area contributed by atoms with E-state index in [9.17, 15) is 4.79 Å². The lowest BCUT2D eigenvalue weighted by Crippen LogP contribution is -2.21. The minimum atomic E-state index is -0.548. The number of hydrogen-bond acceptors (Lipinski definition) is 5. The number of nitrogen functional groups attached to an aromatic ring is 1. The van der Waals surface area contributed by atoms with E-state index in [1.807, 2.05) is 93.6 Å². The van der Waals surface area contributed by atoms with Gasteiger partial charge >= 0.3 is 0 Å². The summed E-state index contributed by atoms with van der Waals surface area (Å²) >= 11 is 1.28. The number of carbonyl (C=O) groups excluding carboxylic acids is 1. The highest BCUT2D eigenvalue weighted by Crippen LogP contribution is 2.36. The van der Waals surface area contributed by atoms with Crippen molar-refractivity contribution >= 4 is 23.4 Å². The van der Waals surface area contributed by atoms with Crippen LogP contribution in [0, 0.1) is 20.8 Å². The lowest BCUT2D eigenvalue weighted by molar-refractivity contribution is -0.115. The van der Waals surface area contributed by atoms with E-state index in [2.05, 4.69) is 15.5 Å². The first kappa shape index (κ1) is 21.6. The van der Waals surface area contributed by atoms with Crippen LogP contribution >= 0.6 is 11.8 Å². The third-order valence-electron chi connectivity index (χ3n) is 5.19. The fourth-order valence-electron chi connectivity index (χ4n) is 3.33. The van der Waals surface area contributed by atoms with Gasteiger partial charge in [0.15, 0.2) is 5.82 Å². The molecule has 0 saturated carbocycles. The number of amides is 1. The van der Waals surface area contributed by atoms with Gasteiger partial charge in [-0.2, -0.15) is 0 Å². The fourth-order valence-corrected chi connectivity index (χ4v) is 4.29. The predicted octanol–water partition coefficient (Wildman–Crippen LogP) is 5.06. The number of nitrogens with two attached hydrogens (primary N) is 1. The van der Waals surface area contributed by atoms with Crippen molar-refractivity contribution in [3.8, 4) is 11.4 Å². The Labute approximate surface area is 191 Å². The van der Waals surface area contributed by atoms with Gasteiger partial charge in [-0.25, -0.2) is 4.68 Å². The van der Waals surface area contributed by atoms with Crippen molar-refractivity contribution < 1.29 is 4.79 Å². The molecule has 0 aliphatic carbocycles. The maximum absolute atomic E-state index is 13.4. The zero-order valence-electron chi connectivity index (χ0n) is 18.2. The van der Waals surface area contributed by atoms with Crippen LogP contribution in [0.15, 0.2) is 78.0 Å². The molecular weight excluding hydrogens is 418 g/mol. The van der Waals surface area contributed by atoms with Gasteiger partial charge in [-0.1, -0.05) is 84.1 Å². The van der Waals surface area contributed by atoms with Crippen LogP contribution in [-0.2, 0) is 4.79 Å². The summed E-state index contributed by atoms with van der Waals surface area (Å²) in [4.78, 5) is 13.4. The molecule has 0 fully saturated rings. The van der Waals surface area contributed by atoms with Gasteiger partial charge < -0.3 is 11.2 Å². The topological polar surface area (TPSA) is 85.8 Å². The highest BCUT2D eigenvalue weighted by molar-refractivity contribution is 8.00. The number of aromatic nitrogens is 3. The van der Waals surface area contributed by atoms with E-state index in [1.165, 1.54) is 16.4 Å². The summed E-state index contributed by atoms with van der Waals surface area (Å²) in [6, 6.07) is 23.5. The SMILES string of the molecule is Cc1ccc(-c2nnc(S[C@H](C(=O)Nc3cc(C)ccc3C)c3ccccc3)n2N)cc1. The van der Waals surface area contributed by atoms with E-state index in [0.29, 0.717) is 11.0 Å². The van der Waals surface area contributed by atoms with Gasteiger partial charge in [0.25, 0.3) is 0 Å². The monoisotopic (exact) mass is 443 g/mol. The Balaban J connectivity index is 1.64. The summed E-state index contributed by atoms with van der Waals surface area (Å²) in [6.07, 6.45) is 0. The van der Waals surface area contributed by atoms with Crippen molar-refractivity contribution in [2.45, 2.75) is 31.2 Å². The lowest BCUT2D eigenvalue weighted by atomic mass is 10.1. The predicted molar refractivity (Wildman–Crippen MR) is 130 cm³/mol.